The molecule has 2 N–H and O–H groups in total. The Kier molecular flexibility index (Phi) is 5.69. The van der Waals surface area contributed by atoms with E-state index in [-0.39, 0.29) is 11.5 Å². The maximum absolute atomic E-state index is 12.8. The molecule has 0 unspecified atom stereocenters. The molecule has 142 valence electrons. The number of rotatable bonds is 6. The molecule has 0 aliphatic heterocycles. The van der Waals surface area contributed by atoms with Gasteiger partial charge in [0.2, 0.25) is 11.7 Å². The maximum atomic E-state index is 12.8. The van der Waals surface area contributed by atoms with Crippen molar-refractivity contribution in [3.05, 3.63) is 77.6 Å². The number of nitrogens with one attached hydrogen (secondary N) is 2. The van der Waals surface area contributed by atoms with Gasteiger partial charge in [0, 0.05) is 29.6 Å². The van der Waals surface area contributed by atoms with Crippen molar-refractivity contribution in [1.82, 2.24) is 10.3 Å². The van der Waals surface area contributed by atoms with Crippen LogP contribution < -0.4 is 5.32 Å². The molecule has 0 radical (unpaired) electrons. The van der Waals surface area contributed by atoms with Crippen molar-refractivity contribution in [3.63, 3.8) is 0 Å². The Labute approximate surface area is 162 Å². The summed E-state index contributed by atoms with van der Waals surface area (Å²) in [5.41, 5.74) is 1.97. The number of para-hydroxylation sites is 1. The second kappa shape index (κ2) is 8.35. The van der Waals surface area contributed by atoms with Crippen LogP contribution in [0, 0.1) is 0 Å². The number of esters is 1. The van der Waals surface area contributed by atoms with E-state index in [0.717, 1.165) is 16.5 Å². The number of amides is 1. The first kappa shape index (κ1) is 19.1. The van der Waals surface area contributed by atoms with Crippen LogP contribution in [0.25, 0.3) is 17.0 Å². The van der Waals surface area contributed by atoms with E-state index < -0.39 is 18.0 Å². The molecular weight excluding hydrogens is 356 g/mol. The van der Waals surface area contributed by atoms with E-state index in [2.05, 4.69) is 10.3 Å². The second-order valence-electron chi connectivity index (χ2n) is 6.31. The number of hydrogen-bond donors (Lipinski definition) is 2. The quantitative estimate of drug-likeness (QED) is 0.392. The third kappa shape index (κ3) is 4.35. The van der Waals surface area contributed by atoms with Crippen molar-refractivity contribution < 1.29 is 19.1 Å². The van der Waals surface area contributed by atoms with E-state index in [1.807, 2.05) is 42.5 Å². The Morgan fingerprint density at radius 3 is 2.43 bits per heavy atom. The summed E-state index contributed by atoms with van der Waals surface area (Å²) in [4.78, 5) is 39.8. The molecule has 0 fully saturated rings. The standard InChI is InChI=1S/C22H20N2O4/c1-14(21(26)18-13-23-19-11-7-6-10-17(18)19)28-22(27)20(24-15(2)25)12-16-8-4-3-5-9-16/h3-14,23H,1-2H3,(H,24,25)/b20-12-/t14-/m0/s1. The normalized spacial score (nSPS) is 12.4. The molecule has 0 aliphatic carbocycles. The minimum Gasteiger partial charge on any atom is -0.450 e. The van der Waals surface area contributed by atoms with E-state index in [4.69, 9.17) is 4.74 Å². The number of carbonyl (C=O) groups is 3. The van der Waals surface area contributed by atoms with Gasteiger partial charge in [-0.25, -0.2) is 4.79 Å². The van der Waals surface area contributed by atoms with E-state index in [9.17, 15) is 14.4 Å². The number of ketones is 1. The Hall–Kier alpha value is -3.67. The highest BCUT2D eigenvalue weighted by molar-refractivity contribution is 6.10. The van der Waals surface area contributed by atoms with Crippen LogP contribution >= 0.6 is 0 Å². The van der Waals surface area contributed by atoms with Crippen molar-refractivity contribution in [1.29, 1.82) is 0 Å². The number of carbonyl (C=O) groups excluding carboxylic acids is 3. The van der Waals surface area contributed by atoms with Crippen LogP contribution in [-0.4, -0.2) is 28.7 Å². The minimum absolute atomic E-state index is 0.0303. The zero-order valence-corrected chi connectivity index (χ0v) is 15.6. The highest BCUT2D eigenvalue weighted by atomic mass is 16.5. The summed E-state index contributed by atoms with van der Waals surface area (Å²) in [5.74, 6) is -1.51. The molecular formula is C22H20N2O4. The fraction of sp³-hybridized carbons (Fsp3) is 0.136. The average molecular weight is 376 g/mol. The summed E-state index contributed by atoms with van der Waals surface area (Å²) in [6.45, 7) is 2.81. The molecule has 0 spiro atoms. The SMILES string of the molecule is CC(=O)N/C(=C\c1ccccc1)C(=O)O[C@@H](C)C(=O)c1c[nH]c2ccccc12. The summed E-state index contributed by atoms with van der Waals surface area (Å²) in [5, 5.41) is 3.23. The van der Waals surface area contributed by atoms with Crippen LogP contribution in [0.3, 0.4) is 0 Å². The Balaban J connectivity index is 1.79. The molecule has 1 heterocycles. The molecule has 1 aromatic heterocycles. The van der Waals surface area contributed by atoms with E-state index in [0.29, 0.717) is 5.56 Å². The molecule has 3 rings (SSSR count). The lowest BCUT2D eigenvalue weighted by molar-refractivity contribution is -0.142. The van der Waals surface area contributed by atoms with Gasteiger partial charge in [-0.2, -0.15) is 0 Å². The summed E-state index contributed by atoms with van der Waals surface area (Å²) >= 11 is 0. The second-order valence-corrected chi connectivity index (χ2v) is 6.31. The van der Waals surface area contributed by atoms with Crippen LogP contribution in [0.5, 0.6) is 0 Å². The van der Waals surface area contributed by atoms with Crippen LogP contribution in [-0.2, 0) is 14.3 Å². The Morgan fingerprint density at radius 2 is 1.71 bits per heavy atom. The fourth-order valence-corrected chi connectivity index (χ4v) is 2.82. The zero-order chi connectivity index (χ0) is 20.1. The molecule has 1 atom stereocenters. The topological polar surface area (TPSA) is 88.3 Å². The molecule has 0 saturated carbocycles. The van der Waals surface area contributed by atoms with Gasteiger partial charge in [0.15, 0.2) is 6.10 Å². The van der Waals surface area contributed by atoms with Gasteiger partial charge < -0.3 is 15.0 Å². The lowest BCUT2D eigenvalue weighted by atomic mass is 10.1. The van der Waals surface area contributed by atoms with Crippen molar-refractivity contribution in [2.24, 2.45) is 0 Å². The predicted molar refractivity (Wildman–Crippen MR) is 106 cm³/mol. The van der Waals surface area contributed by atoms with Gasteiger partial charge in [-0.3, -0.25) is 9.59 Å². The lowest BCUT2D eigenvalue weighted by Crippen LogP contribution is -2.31. The molecule has 28 heavy (non-hydrogen) atoms. The molecule has 6 nitrogen and oxygen atoms in total. The minimum atomic E-state index is -1.01. The number of Topliss-reactive ketones (excluding diaryl/α,β-unsaturated/α-hetero) is 1. The van der Waals surface area contributed by atoms with Gasteiger partial charge in [-0.05, 0) is 24.6 Å². The van der Waals surface area contributed by atoms with Gasteiger partial charge in [-0.15, -0.1) is 0 Å². The largest absolute Gasteiger partial charge is 0.450 e. The molecule has 0 saturated heterocycles. The molecule has 3 aromatic rings. The highest BCUT2D eigenvalue weighted by Crippen LogP contribution is 2.20. The Morgan fingerprint density at radius 1 is 1.04 bits per heavy atom. The summed E-state index contributed by atoms with van der Waals surface area (Å²) in [7, 11) is 0. The fourth-order valence-electron chi connectivity index (χ4n) is 2.82. The van der Waals surface area contributed by atoms with E-state index in [1.165, 1.54) is 19.9 Å². The predicted octanol–water partition coefficient (Wildman–Crippen LogP) is 3.46. The van der Waals surface area contributed by atoms with Crippen molar-refractivity contribution in [2.45, 2.75) is 20.0 Å². The van der Waals surface area contributed by atoms with Crippen molar-refractivity contribution in [2.75, 3.05) is 0 Å². The third-order valence-corrected chi connectivity index (χ3v) is 4.15. The van der Waals surface area contributed by atoms with Gasteiger partial charge >= 0.3 is 5.97 Å². The number of hydrogen-bond acceptors (Lipinski definition) is 4. The molecule has 6 heteroatoms. The first-order valence-corrected chi connectivity index (χ1v) is 8.81. The van der Waals surface area contributed by atoms with Crippen LogP contribution in [0.4, 0.5) is 0 Å². The first-order valence-electron chi connectivity index (χ1n) is 8.81. The Bertz CT molecular complexity index is 1050. The van der Waals surface area contributed by atoms with Gasteiger partial charge in [0.1, 0.15) is 5.70 Å². The molecule has 0 aliphatic rings. The van der Waals surface area contributed by atoms with Crippen molar-refractivity contribution >= 4 is 34.6 Å². The van der Waals surface area contributed by atoms with Crippen LogP contribution in [0.15, 0.2) is 66.5 Å². The number of fused-ring (bicyclic) bond motifs is 1. The highest BCUT2D eigenvalue weighted by Gasteiger charge is 2.24. The number of aromatic nitrogens is 1. The number of H-pyrrole nitrogens is 1. The molecule has 0 bridgehead atoms. The van der Waals surface area contributed by atoms with Gasteiger partial charge in [-0.1, -0.05) is 48.5 Å². The van der Waals surface area contributed by atoms with Gasteiger partial charge in [0.25, 0.3) is 0 Å². The first-order chi connectivity index (χ1) is 13.5. The molecule has 2 aromatic carbocycles. The maximum Gasteiger partial charge on any atom is 0.355 e. The van der Waals surface area contributed by atoms with Crippen LogP contribution in [0.1, 0.15) is 29.8 Å². The summed E-state index contributed by atoms with van der Waals surface area (Å²) in [6.07, 6.45) is 2.10. The summed E-state index contributed by atoms with van der Waals surface area (Å²) in [6, 6.07) is 16.4. The molecule has 1 amide bonds. The number of aromatic amines is 1. The third-order valence-electron chi connectivity index (χ3n) is 4.15. The zero-order valence-electron chi connectivity index (χ0n) is 15.6. The van der Waals surface area contributed by atoms with Crippen LogP contribution in [0.2, 0.25) is 0 Å². The van der Waals surface area contributed by atoms with Crippen molar-refractivity contribution in [3.8, 4) is 0 Å². The van der Waals surface area contributed by atoms with Gasteiger partial charge in [0.05, 0.1) is 0 Å². The average Bonchev–Trinajstić information content (AvgIpc) is 3.11. The smallest absolute Gasteiger partial charge is 0.355 e. The number of ether oxygens (including phenoxy) is 1. The monoisotopic (exact) mass is 376 g/mol. The number of benzene rings is 2. The summed E-state index contributed by atoms with van der Waals surface area (Å²) < 4.78 is 5.33. The lowest BCUT2D eigenvalue weighted by Gasteiger charge is -2.14. The van der Waals surface area contributed by atoms with E-state index in [1.54, 1.807) is 18.3 Å². The van der Waals surface area contributed by atoms with E-state index >= 15 is 0 Å².